The van der Waals surface area contributed by atoms with Crippen molar-refractivity contribution in [1.82, 2.24) is 0 Å². The molecule has 0 bridgehead atoms. The lowest BCUT2D eigenvalue weighted by Crippen LogP contribution is -2.25. The number of amides is 1. The van der Waals surface area contributed by atoms with Crippen molar-refractivity contribution >= 4 is 40.2 Å². The Kier molecular flexibility index (Phi) is 4.67. The van der Waals surface area contributed by atoms with Gasteiger partial charge < -0.3 is 9.64 Å². The Morgan fingerprint density at radius 1 is 1.53 bits per heavy atom. The Morgan fingerprint density at radius 3 is 2.84 bits per heavy atom. The highest BCUT2D eigenvalue weighted by Gasteiger charge is 2.31. The Balaban J connectivity index is 2.31. The molecule has 2 rings (SSSR count). The van der Waals surface area contributed by atoms with Gasteiger partial charge in [0.05, 0.1) is 5.69 Å². The molecule has 0 aliphatic carbocycles. The van der Waals surface area contributed by atoms with Gasteiger partial charge in [0, 0.05) is 17.4 Å². The lowest BCUT2D eigenvalue weighted by atomic mass is 10.1. The van der Waals surface area contributed by atoms with Gasteiger partial charge in [-0.1, -0.05) is 15.9 Å². The molecular weight excluding hydrogens is 340 g/mol. The minimum absolute atomic E-state index is 0.00228. The van der Waals surface area contributed by atoms with Crippen molar-refractivity contribution < 1.29 is 18.3 Å². The molecule has 1 saturated heterocycles. The number of hydrogen-bond donors (Lipinski definition) is 1. The number of halogens is 3. The molecule has 1 aromatic rings. The minimum atomic E-state index is -2.92. The molecule has 3 nitrogen and oxygen atoms in total. The Labute approximate surface area is 123 Å². The normalized spacial score (nSPS) is 19.3. The smallest absolute Gasteiger partial charge is 0.387 e. The van der Waals surface area contributed by atoms with Crippen LogP contribution in [0, 0.1) is 5.92 Å². The molecule has 19 heavy (non-hydrogen) atoms. The monoisotopic (exact) mass is 351 g/mol. The van der Waals surface area contributed by atoms with Crippen LogP contribution in [0.5, 0.6) is 5.75 Å². The van der Waals surface area contributed by atoms with Crippen LogP contribution in [0.3, 0.4) is 0 Å². The highest BCUT2D eigenvalue weighted by atomic mass is 79.9. The Bertz CT molecular complexity index is 487. The van der Waals surface area contributed by atoms with Gasteiger partial charge in [-0.2, -0.15) is 21.4 Å². The number of anilines is 1. The van der Waals surface area contributed by atoms with E-state index in [0.717, 1.165) is 0 Å². The van der Waals surface area contributed by atoms with E-state index in [9.17, 15) is 13.6 Å². The Morgan fingerprint density at radius 2 is 2.26 bits per heavy atom. The summed E-state index contributed by atoms with van der Waals surface area (Å²) in [5.41, 5.74) is 0.373. The van der Waals surface area contributed by atoms with Crippen molar-refractivity contribution in [2.45, 2.75) is 13.0 Å². The third-order valence-corrected chi connectivity index (χ3v) is 3.90. The average Bonchev–Trinajstić information content (AvgIpc) is 2.70. The molecule has 1 heterocycles. The maximum atomic E-state index is 12.4. The van der Waals surface area contributed by atoms with Crippen LogP contribution in [0.2, 0.25) is 0 Å². The third kappa shape index (κ3) is 3.39. The number of carbonyl (C=O) groups excluding carboxylic acids is 1. The van der Waals surface area contributed by atoms with E-state index in [-0.39, 0.29) is 17.6 Å². The van der Waals surface area contributed by atoms with Crippen LogP contribution in [0.1, 0.15) is 6.42 Å². The molecule has 0 N–H and O–H groups in total. The number of benzene rings is 1. The molecule has 7 heteroatoms. The second-order valence-corrected chi connectivity index (χ2v) is 5.53. The van der Waals surface area contributed by atoms with Crippen molar-refractivity contribution in [3.8, 4) is 5.75 Å². The lowest BCUT2D eigenvalue weighted by molar-refractivity contribution is -0.117. The van der Waals surface area contributed by atoms with Crippen LogP contribution < -0.4 is 9.64 Å². The van der Waals surface area contributed by atoms with Crippen molar-refractivity contribution in [2.75, 3.05) is 17.2 Å². The first-order valence-corrected chi connectivity index (χ1v) is 7.09. The quantitative estimate of drug-likeness (QED) is 0.843. The van der Waals surface area contributed by atoms with Gasteiger partial charge in [-0.05, 0) is 29.9 Å². The van der Waals surface area contributed by atoms with Crippen LogP contribution in [0.15, 0.2) is 22.7 Å². The van der Waals surface area contributed by atoms with E-state index in [1.54, 1.807) is 12.1 Å². The number of thiol groups is 1. The predicted molar refractivity (Wildman–Crippen MR) is 75.1 cm³/mol. The molecule has 1 aromatic carbocycles. The summed E-state index contributed by atoms with van der Waals surface area (Å²) in [5, 5.41) is 0. The van der Waals surface area contributed by atoms with Crippen LogP contribution in [-0.4, -0.2) is 24.8 Å². The minimum Gasteiger partial charge on any atom is -0.433 e. The van der Waals surface area contributed by atoms with Crippen molar-refractivity contribution in [2.24, 2.45) is 5.92 Å². The summed E-state index contributed by atoms with van der Waals surface area (Å²) < 4.78 is 29.9. The summed E-state index contributed by atoms with van der Waals surface area (Å²) >= 11 is 7.36. The predicted octanol–water partition coefficient (Wildman–Crippen LogP) is 3.33. The fourth-order valence-electron chi connectivity index (χ4n) is 2.04. The van der Waals surface area contributed by atoms with Gasteiger partial charge in [-0.25, -0.2) is 0 Å². The number of carbonyl (C=O) groups is 1. The maximum Gasteiger partial charge on any atom is 0.387 e. The molecule has 1 aliphatic heterocycles. The molecule has 1 atom stereocenters. The molecule has 0 aromatic heterocycles. The zero-order chi connectivity index (χ0) is 14.0. The fourth-order valence-corrected chi connectivity index (χ4v) is 2.62. The largest absolute Gasteiger partial charge is 0.433 e. The second-order valence-electron chi connectivity index (χ2n) is 4.25. The van der Waals surface area contributed by atoms with Gasteiger partial charge in [0.2, 0.25) is 5.91 Å². The van der Waals surface area contributed by atoms with Gasteiger partial charge >= 0.3 is 6.61 Å². The third-order valence-electron chi connectivity index (χ3n) is 2.89. The van der Waals surface area contributed by atoms with E-state index in [2.05, 4.69) is 33.3 Å². The van der Waals surface area contributed by atoms with E-state index in [1.807, 2.05) is 0 Å². The number of rotatable bonds is 4. The number of alkyl halides is 2. The van der Waals surface area contributed by atoms with Gasteiger partial charge in [0.15, 0.2) is 5.75 Å². The summed E-state index contributed by atoms with van der Waals surface area (Å²) in [6, 6.07) is 4.72. The molecule has 1 aliphatic rings. The highest BCUT2D eigenvalue weighted by molar-refractivity contribution is 9.10. The van der Waals surface area contributed by atoms with Gasteiger partial charge in [-0.15, -0.1) is 0 Å². The van der Waals surface area contributed by atoms with E-state index >= 15 is 0 Å². The molecular formula is C12H12BrF2NO2S. The van der Waals surface area contributed by atoms with E-state index < -0.39 is 6.61 Å². The number of ether oxygens (including phenoxy) is 1. The second kappa shape index (κ2) is 6.09. The first-order valence-electron chi connectivity index (χ1n) is 5.67. The van der Waals surface area contributed by atoms with Crippen LogP contribution >= 0.6 is 28.6 Å². The van der Waals surface area contributed by atoms with Crippen LogP contribution in [0.25, 0.3) is 0 Å². The first-order chi connectivity index (χ1) is 9.01. The maximum absolute atomic E-state index is 12.4. The number of hydrogen-bond acceptors (Lipinski definition) is 3. The summed E-state index contributed by atoms with van der Waals surface area (Å²) in [6.07, 6.45) is 0.383. The van der Waals surface area contributed by atoms with Crippen LogP contribution in [0.4, 0.5) is 14.5 Å². The zero-order valence-electron chi connectivity index (χ0n) is 9.85. The zero-order valence-corrected chi connectivity index (χ0v) is 12.3. The van der Waals surface area contributed by atoms with E-state index in [4.69, 9.17) is 0 Å². The molecule has 1 fully saturated rings. The summed E-state index contributed by atoms with van der Waals surface area (Å²) in [4.78, 5) is 13.4. The fraction of sp³-hybridized carbons (Fsp3) is 0.417. The summed E-state index contributed by atoms with van der Waals surface area (Å²) in [7, 11) is 0. The van der Waals surface area contributed by atoms with E-state index in [0.29, 0.717) is 28.9 Å². The molecule has 1 amide bonds. The van der Waals surface area contributed by atoms with Gasteiger partial charge in [-0.3, -0.25) is 4.79 Å². The molecule has 0 saturated carbocycles. The molecule has 0 radical (unpaired) electrons. The van der Waals surface area contributed by atoms with Crippen LogP contribution in [-0.2, 0) is 4.79 Å². The SMILES string of the molecule is O=C1CC(CS)CN1c1ccc(Br)cc1OC(F)F. The number of nitrogens with zero attached hydrogens (tertiary/aromatic N) is 1. The van der Waals surface area contributed by atoms with Crippen molar-refractivity contribution in [3.05, 3.63) is 22.7 Å². The highest BCUT2D eigenvalue weighted by Crippen LogP contribution is 2.36. The topological polar surface area (TPSA) is 29.5 Å². The van der Waals surface area contributed by atoms with Gasteiger partial charge in [0.1, 0.15) is 0 Å². The average molecular weight is 352 g/mol. The Hall–Kier alpha value is -0.820. The van der Waals surface area contributed by atoms with E-state index in [1.165, 1.54) is 11.0 Å². The summed E-state index contributed by atoms with van der Waals surface area (Å²) in [6.45, 7) is -2.45. The van der Waals surface area contributed by atoms with Gasteiger partial charge in [0.25, 0.3) is 0 Å². The molecule has 1 unspecified atom stereocenters. The standard InChI is InChI=1S/C12H12BrF2NO2S/c13-8-1-2-9(10(4-8)18-12(14)15)16-5-7(6-19)3-11(16)17/h1-2,4,7,12,19H,3,5-6H2. The van der Waals surface area contributed by atoms with Crippen molar-refractivity contribution in [3.63, 3.8) is 0 Å². The first kappa shape index (κ1) is 14.6. The lowest BCUT2D eigenvalue weighted by Gasteiger charge is -2.20. The molecule has 0 spiro atoms. The summed E-state index contributed by atoms with van der Waals surface area (Å²) in [5.74, 6) is 0.626. The molecule has 104 valence electrons. The van der Waals surface area contributed by atoms with Crippen molar-refractivity contribution in [1.29, 1.82) is 0 Å².